The van der Waals surface area contributed by atoms with Crippen molar-refractivity contribution >= 4 is 23.3 Å². The Morgan fingerprint density at radius 2 is 1.73 bits per heavy atom. The summed E-state index contributed by atoms with van der Waals surface area (Å²) in [5.41, 5.74) is 2.11. The lowest BCUT2D eigenvalue weighted by atomic mass is 10.2. The van der Waals surface area contributed by atoms with Crippen LogP contribution in [0.25, 0.3) is 0 Å². The summed E-state index contributed by atoms with van der Waals surface area (Å²) in [5, 5.41) is 8.04. The average molecular weight is 351 g/mol. The van der Waals surface area contributed by atoms with E-state index in [0.29, 0.717) is 22.9 Å². The Morgan fingerprint density at radius 1 is 1.00 bits per heavy atom. The van der Waals surface area contributed by atoms with E-state index in [4.69, 9.17) is 9.47 Å². The lowest BCUT2D eigenvalue weighted by molar-refractivity contribution is -0.114. The molecular weight excluding hydrogens is 334 g/mol. The second kappa shape index (κ2) is 7.94. The van der Waals surface area contributed by atoms with Crippen molar-refractivity contribution in [3.05, 3.63) is 48.0 Å². The Morgan fingerprint density at radius 3 is 2.50 bits per heavy atom. The third kappa shape index (κ3) is 4.68. The largest absolute Gasteiger partial charge is 0.454 e. The van der Waals surface area contributed by atoms with E-state index in [-0.39, 0.29) is 25.3 Å². The number of nitrogens with one attached hydrogen (secondary N) is 3. The number of carbonyl (C=O) groups excluding carboxylic acids is 2. The molecular formula is C19H17N3O4. The molecule has 7 heteroatoms. The molecule has 0 atom stereocenters. The summed E-state index contributed by atoms with van der Waals surface area (Å²) in [5.74, 6) is 6.94. The molecule has 26 heavy (non-hydrogen) atoms. The molecule has 3 rings (SSSR count). The number of carbonyl (C=O) groups is 2. The first-order chi connectivity index (χ1) is 12.6. The van der Waals surface area contributed by atoms with Gasteiger partial charge in [0.2, 0.25) is 12.7 Å². The molecule has 1 aliphatic heterocycles. The van der Waals surface area contributed by atoms with Crippen molar-refractivity contribution in [2.75, 3.05) is 24.0 Å². The predicted molar refractivity (Wildman–Crippen MR) is 97.2 cm³/mol. The monoisotopic (exact) mass is 351 g/mol. The van der Waals surface area contributed by atoms with Crippen LogP contribution in [-0.4, -0.2) is 25.3 Å². The first kappa shape index (κ1) is 17.2. The first-order valence-electron chi connectivity index (χ1n) is 7.91. The number of hydrogen-bond donors (Lipinski definition) is 3. The third-order valence-corrected chi connectivity index (χ3v) is 3.41. The van der Waals surface area contributed by atoms with Crippen molar-refractivity contribution in [1.29, 1.82) is 0 Å². The minimum absolute atomic E-state index is 0.124. The molecule has 0 saturated carbocycles. The van der Waals surface area contributed by atoms with Crippen LogP contribution in [0.4, 0.5) is 16.2 Å². The van der Waals surface area contributed by atoms with Gasteiger partial charge in [0.25, 0.3) is 0 Å². The molecule has 0 unspecified atom stereocenters. The van der Waals surface area contributed by atoms with Crippen LogP contribution in [0.5, 0.6) is 11.5 Å². The van der Waals surface area contributed by atoms with E-state index in [1.165, 1.54) is 6.92 Å². The minimum atomic E-state index is -0.362. The van der Waals surface area contributed by atoms with Gasteiger partial charge in [-0.05, 0) is 36.4 Å². The number of benzene rings is 2. The van der Waals surface area contributed by atoms with E-state index in [0.717, 1.165) is 5.56 Å². The van der Waals surface area contributed by atoms with Gasteiger partial charge in [0.1, 0.15) is 0 Å². The second-order valence-electron chi connectivity index (χ2n) is 5.44. The van der Waals surface area contributed by atoms with Crippen molar-refractivity contribution in [2.45, 2.75) is 6.92 Å². The van der Waals surface area contributed by atoms with Crippen LogP contribution in [0.2, 0.25) is 0 Å². The Kier molecular flexibility index (Phi) is 5.25. The highest BCUT2D eigenvalue weighted by atomic mass is 16.7. The van der Waals surface area contributed by atoms with Crippen molar-refractivity contribution in [2.24, 2.45) is 0 Å². The van der Waals surface area contributed by atoms with Gasteiger partial charge in [-0.3, -0.25) is 4.79 Å². The molecule has 0 aliphatic carbocycles. The molecule has 1 aliphatic rings. The summed E-state index contributed by atoms with van der Waals surface area (Å²) in [7, 11) is 0. The number of anilines is 2. The molecule has 0 aromatic heterocycles. The second-order valence-corrected chi connectivity index (χ2v) is 5.44. The Hall–Kier alpha value is -3.66. The van der Waals surface area contributed by atoms with Gasteiger partial charge < -0.3 is 25.4 Å². The van der Waals surface area contributed by atoms with E-state index in [1.807, 2.05) is 0 Å². The van der Waals surface area contributed by atoms with Crippen LogP contribution in [0.1, 0.15) is 12.5 Å². The molecule has 0 bridgehead atoms. The molecule has 2 aromatic carbocycles. The maximum absolute atomic E-state index is 11.9. The molecule has 3 amide bonds. The van der Waals surface area contributed by atoms with Crippen LogP contribution in [0.3, 0.4) is 0 Å². The molecule has 1 heterocycles. The van der Waals surface area contributed by atoms with Crippen LogP contribution < -0.4 is 25.4 Å². The van der Waals surface area contributed by atoms with Gasteiger partial charge in [0.05, 0.1) is 6.54 Å². The van der Waals surface area contributed by atoms with Crippen molar-refractivity contribution < 1.29 is 19.1 Å². The minimum Gasteiger partial charge on any atom is -0.454 e. The Balaban J connectivity index is 1.47. The fourth-order valence-electron chi connectivity index (χ4n) is 2.26. The van der Waals surface area contributed by atoms with Gasteiger partial charge in [-0.25, -0.2) is 4.79 Å². The molecule has 2 aromatic rings. The molecule has 7 nitrogen and oxygen atoms in total. The Bertz CT molecular complexity index is 882. The van der Waals surface area contributed by atoms with Gasteiger partial charge in [-0.15, -0.1) is 0 Å². The van der Waals surface area contributed by atoms with E-state index < -0.39 is 0 Å². The summed E-state index contributed by atoms with van der Waals surface area (Å²) < 4.78 is 10.5. The van der Waals surface area contributed by atoms with Crippen molar-refractivity contribution in [3.8, 4) is 23.3 Å². The zero-order valence-corrected chi connectivity index (χ0v) is 14.1. The van der Waals surface area contributed by atoms with Crippen molar-refractivity contribution in [1.82, 2.24) is 5.32 Å². The predicted octanol–water partition coefficient (Wildman–Crippen LogP) is 2.55. The zero-order chi connectivity index (χ0) is 18.4. The summed E-state index contributed by atoms with van der Waals surface area (Å²) in [6.45, 7) is 1.84. The molecule has 0 saturated heterocycles. The molecule has 0 spiro atoms. The number of fused-ring (bicyclic) bond motifs is 1. The van der Waals surface area contributed by atoms with E-state index in [2.05, 4.69) is 27.8 Å². The number of urea groups is 1. The lowest BCUT2D eigenvalue weighted by Crippen LogP contribution is -2.28. The lowest BCUT2D eigenvalue weighted by Gasteiger charge is -2.06. The number of amides is 3. The van der Waals surface area contributed by atoms with Crippen LogP contribution in [-0.2, 0) is 4.79 Å². The van der Waals surface area contributed by atoms with Gasteiger partial charge in [0.15, 0.2) is 11.5 Å². The fourth-order valence-corrected chi connectivity index (χ4v) is 2.26. The SMILES string of the molecule is CC(=O)Nc1ccc(C#CCNC(=O)Nc2ccc3c(c2)OCO3)cc1. The highest BCUT2D eigenvalue weighted by Gasteiger charge is 2.13. The maximum atomic E-state index is 11.9. The molecule has 3 N–H and O–H groups in total. The summed E-state index contributed by atoms with van der Waals surface area (Å²) in [4.78, 5) is 22.8. The van der Waals surface area contributed by atoms with E-state index in [9.17, 15) is 9.59 Å². The normalized spacial score (nSPS) is 11.1. The average Bonchev–Trinajstić information content (AvgIpc) is 3.07. The standard InChI is InChI=1S/C19H17N3O4/c1-13(23)21-15-6-4-14(5-7-15)3-2-10-20-19(24)22-16-8-9-17-18(11-16)26-12-25-17/h4-9,11H,10,12H2,1H3,(H,21,23)(H2,20,22,24). The smallest absolute Gasteiger partial charge is 0.319 e. The number of hydrogen-bond acceptors (Lipinski definition) is 4. The van der Waals surface area contributed by atoms with Gasteiger partial charge in [-0.2, -0.15) is 0 Å². The van der Waals surface area contributed by atoms with E-state index >= 15 is 0 Å². The zero-order valence-electron chi connectivity index (χ0n) is 14.1. The number of ether oxygens (including phenoxy) is 2. The number of rotatable bonds is 3. The van der Waals surface area contributed by atoms with Crippen LogP contribution in [0.15, 0.2) is 42.5 Å². The Labute approximate surface area is 150 Å². The van der Waals surface area contributed by atoms with E-state index in [1.54, 1.807) is 42.5 Å². The third-order valence-electron chi connectivity index (χ3n) is 3.41. The summed E-state index contributed by atoms with van der Waals surface area (Å²) in [6.07, 6.45) is 0. The molecule has 0 fully saturated rings. The van der Waals surface area contributed by atoms with Gasteiger partial charge >= 0.3 is 6.03 Å². The quantitative estimate of drug-likeness (QED) is 0.742. The fraction of sp³-hybridized carbons (Fsp3) is 0.158. The van der Waals surface area contributed by atoms with Gasteiger partial charge in [-0.1, -0.05) is 11.8 Å². The van der Waals surface area contributed by atoms with Gasteiger partial charge in [0, 0.05) is 29.9 Å². The van der Waals surface area contributed by atoms with Crippen molar-refractivity contribution in [3.63, 3.8) is 0 Å². The maximum Gasteiger partial charge on any atom is 0.319 e. The summed E-state index contributed by atoms with van der Waals surface area (Å²) >= 11 is 0. The molecule has 0 radical (unpaired) electrons. The summed E-state index contributed by atoms with van der Waals surface area (Å²) in [6, 6.07) is 11.9. The van der Waals surface area contributed by atoms with Crippen LogP contribution in [0, 0.1) is 11.8 Å². The topological polar surface area (TPSA) is 88.7 Å². The molecule has 132 valence electrons. The highest BCUT2D eigenvalue weighted by molar-refractivity contribution is 5.90. The van der Waals surface area contributed by atoms with Crippen LogP contribution >= 0.6 is 0 Å². The highest BCUT2D eigenvalue weighted by Crippen LogP contribution is 2.34. The first-order valence-corrected chi connectivity index (χ1v) is 7.91.